The molecule has 1 aliphatic heterocycles. The van der Waals surface area contributed by atoms with Gasteiger partial charge < -0.3 is 0 Å². The van der Waals surface area contributed by atoms with Gasteiger partial charge in [0.2, 0.25) is 0 Å². The second-order valence-electron chi connectivity index (χ2n) is 2.80. The summed E-state index contributed by atoms with van der Waals surface area (Å²) in [4.78, 5) is 10.8. The van der Waals surface area contributed by atoms with E-state index in [4.69, 9.17) is 0 Å². The third-order valence-corrected chi connectivity index (χ3v) is 1.85. The molecule has 0 bridgehead atoms. The number of carbonyl (C=O) groups excluding carboxylic acids is 1. The zero-order chi connectivity index (χ0) is 9.26. The first kappa shape index (κ1) is 7.88. The lowest BCUT2D eigenvalue weighted by Crippen LogP contribution is -2.40. The van der Waals surface area contributed by atoms with Crippen LogP contribution in [0.3, 0.4) is 0 Å². The second-order valence-corrected chi connectivity index (χ2v) is 2.80. The number of hydrogen-bond donors (Lipinski definition) is 3. The van der Waals surface area contributed by atoms with Crippen molar-refractivity contribution in [1.29, 1.82) is 0 Å². The minimum atomic E-state index is -0.261. The summed E-state index contributed by atoms with van der Waals surface area (Å²) in [5.74, 6) is 0. The lowest BCUT2D eigenvalue weighted by atomic mass is 10.2. The van der Waals surface area contributed by atoms with E-state index >= 15 is 0 Å². The van der Waals surface area contributed by atoms with Crippen LogP contribution in [0, 0.1) is 6.92 Å². The number of nitrogens with one attached hydrogen (secondary N) is 3. The van der Waals surface area contributed by atoms with Gasteiger partial charge in [0.15, 0.2) is 0 Å². The number of carbonyl (C=O) groups is 1. The Bertz CT molecular complexity index is 339. The zero-order valence-corrected chi connectivity index (χ0v) is 7.16. The van der Waals surface area contributed by atoms with E-state index in [0.717, 1.165) is 11.3 Å². The van der Waals surface area contributed by atoms with Crippen LogP contribution in [0.2, 0.25) is 0 Å². The largest absolute Gasteiger partial charge is 0.350 e. The SMILES string of the molecule is Cc1ccccc1N1NNC(=O)N1. The average Bonchev–Trinajstić information content (AvgIpc) is 2.53. The Labute approximate surface area is 75.6 Å². The molecule has 2 rings (SSSR count). The Morgan fingerprint density at radius 1 is 1.31 bits per heavy atom. The van der Waals surface area contributed by atoms with Crippen LogP contribution < -0.4 is 21.5 Å². The Morgan fingerprint density at radius 2 is 2.08 bits per heavy atom. The molecule has 5 heteroatoms. The van der Waals surface area contributed by atoms with Gasteiger partial charge in [0.25, 0.3) is 0 Å². The van der Waals surface area contributed by atoms with Crippen molar-refractivity contribution in [1.82, 2.24) is 16.4 Å². The smallest absolute Gasteiger partial charge is 0.252 e. The molecule has 5 nitrogen and oxygen atoms in total. The number of nitrogens with zero attached hydrogens (tertiary/aromatic N) is 1. The van der Waals surface area contributed by atoms with Gasteiger partial charge >= 0.3 is 6.03 Å². The Balaban J connectivity index is 2.26. The molecule has 0 spiro atoms. The second kappa shape index (κ2) is 2.95. The number of urea groups is 1. The van der Waals surface area contributed by atoms with E-state index in [2.05, 4.69) is 16.4 Å². The van der Waals surface area contributed by atoms with Crippen molar-refractivity contribution in [3.63, 3.8) is 0 Å². The zero-order valence-electron chi connectivity index (χ0n) is 7.16. The summed E-state index contributed by atoms with van der Waals surface area (Å²) in [7, 11) is 0. The van der Waals surface area contributed by atoms with E-state index in [1.165, 1.54) is 5.12 Å². The van der Waals surface area contributed by atoms with Gasteiger partial charge in [0.05, 0.1) is 5.69 Å². The average molecular weight is 178 g/mol. The highest BCUT2D eigenvalue weighted by atomic mass is 16.2. The number of hydrogen-bond acceptors (Lipinski definition) is 3. The van der Waals surface area contributed by atoms with Crippen LogP contribution in [0.4, 0.5) is 10.5 Å². The Morgan fingerprint density at radius 3 is 2.69 bits per heavy atom. The molecule has 0 unspecified atom stereocenters. The molecule has 1 fully saturated rings. The van der Waals surface area contributed by atoms with Crippen LogP contribution >= 0.6 is 0 Å². The molecular formula is C8H10N4O. The molecule has 3 N–H and O–H groups in total. The van der Waals surface area contributed by atoms with Gasteiger partial charge in [-0.2, -0.15) is 5.12 Å². The normalized spacial score (nSPS) is 15.5. The maximum atomic E-state index is 10.8. The number of rotatable bonds is 1. The molecule has 2 amide bonds. The van der Waals surface area contributed by atoms with Gasteiger partial charge in [-0.05, 0) is 18.6 Å². The number of benzene rings is 1. The highest BCUT2D eigenvalue weighted by Crippen LogP contribution is 2.16. The van der Waals surface area contributed by atoms with Crippen molar-refractivity contribution in [2.45, 2.75) is 6.92 Å². The number of anilines is 1. The van der Waals surface area contributed by atoms with Gasteiger partial charge in [-0.3, -0.25) is 5.43 Å². The lowest BCUT2D eigenvalue weighted by Gasteiger charge is -2.17. The van der Waals surface area contributed by atoms with E-state index in [0.29, 0.717) is 0 Å². The summed E-state index contributed by atoms with van der Waals surface area (Å²) in [6.45, 7) is 1.97. The molecule has 0 saturated carbocycles. The summed E-state index contributed by atoms with van der Waals surface area (Å²) in [6, 6.07) is 7.48. The highest BCUT2D eigenvalue weighted by Gasteiger charge is 2.17. The number of amides is 2. The first-order chi connectivity index (χ1) is 6.27. The van der Waals surface area contributed by atoms with E-state index in [1.807, 2.05) is 31.2 Å². The van der Waals surface area contributed by atoms with E-state index in [-0.39, 0.29) is 6.03 Å². The van der Waals surface area contributed by atoms with Crippen LogP contribution in [0.1, 0.15) is 5.56 Å². The van der Waals surface area contributed by atoms with E-state index in [9.17, 15) is 4.79 Å². The van der Waals surface area contributed by atoms with Gasteiger partial charge in [-0.25, -0.2) is 10.2 Å². The third-order valence-electron chi connectivity index (χ3n) is 1.85. The predicted molar refractivity (Wildman–Crippen MR) is 48.5 cm³/mol. The van der Waals surface area contributed by atoms with Crippen LogP contribution in [-0.2, 0) is 0 Å². The molecule has 1 saturated heterocycles. The van der Waals surface area contributed by atoms with Crippen LogP contribution in [0.25, 0.3) is 0 Å². The number of aryl methyl sites for hydroxylation is 1. The summed E-state index contributed by atoms with van der Waals surface area (Å²) < 4.78 is 0. The fourth-order valence-electron chi connectivity index (χ4n) is 1.20. The van der Waals surface area contributed by atoms with Gasteiger partial charge in [0, 0.05) is 0 Å². The number of hydrazine groups is 3. The molecule has 68 valence electrons. The minimum Gasteiger partial charge on any atom is -0.252 e. The topological polar surface area (TPSA) is 56.4 Å². The first-order valence-electron chi connectivity index (χ1n) is 3.95. The fourth-order valence-corrected chi connectivity index (χ4v) is 1.20. The van der Waals surface area contributed by atoms with Crippen LogP contribution in [0.15, 0.2) is 24.3 Å². The fraction of sp³-hybridized carbons (Fsp3) is 0.125. The van der Waals surface area contributed by atoms with Crippen LogP contribution in [-0.4, -0.2) is 6.03 Å². The Hall–Kier alpha value is -1.75. The standard InChI is InChI=1S/C8H10N4O/c1-6-4-2-3-5-7(6)12-10-8(13)9-11-12/h2-5,11H,1H3,(H2,9,10,13). The lowest BCUT2D eigenvalue weighted by molar-refractivity contribution is 0.247. The first-order valence-corrected chi connectivity index (χ1v) is 3.95. The molecule has 0 atom stereocenters. The van der Waals surface area contributed by atoms with Crippen LogP contribution in [0.5, 0.6) is 0 Å². The molecular weight excluding hydrogens is 168 g/mol. The summed E-state index contributed by atoms with van der Waals surface area (Å²) in [6.07, 6.45) is 0. The minimum absolute atomic E-state index is 0.261. The molecule has 1 aromatic carbocycles. The molecule has 0 aromatic heterocycles. The van der Waals surface area contributed by atoms with Crippen molar-refractivity contribution in [3.8, 4) is 0 Å². The summed E-state index contributed by atoms with van der Waals surface area (Å²) >= 11 is 0. The van der Waals surface area contributed by atoms with Crippen molar-refractivity contribution in [2.24, 2.45) is 0 Å². The van der Waals surface area contributed by atoms with E-state index < -0.39 is 0 Å². The predicted octanol–water partition coefficient (Wildman–Crippen LogP) is 0.449. The quantitative estimate of drug-likeness (QED) is 0.585. The summed E-state index contributed by atoms with van der Waals surface area (Å²) in [5.41, 5.74) is 9.69. The molecule has 13 heavy (non-hydrogen) atoms. The summed E-state index contributed by atoms with van der Waals surface area (Å²) in [5, 5.41) is 1.54. The van der Waals surface area contributed by atoms with Crippen molar-refractivity contribution in [2.75, 3.05) is 5.12 Å². The molecule has 1 aliphatic rings. The third kappa shape index (κ3) is 1.41. The maximum absolute atomic E-state index is 10.8. The number of para-hydroxylation sites is 1. The van der Waals surface area contributed by atoms with E-state index in [1.54, 1.807) is 0 Å². The molecule has 0 radical (unpaired) electrons. The molecule has 0 aliphatic carbocycles. The van der Waals surface area contributed by atoms with Crippen molar-refractivity contribution in [3.05, 3.63) is 29.8 Å². The van der Waals surface area contributed by atoms with Gasteiger partial charge in [-0.1, -0.05) is 18.2 Å². The molecule has 1 aromatic rings. The van der Waals surface area contributed by atoms with Gasteiger partial charge in [0.1, 0.15) is 0 Å². The maximum Gasteiger partial charge on any atom is 0.350 e. The van der Waals surface area contributed by atoms with Crippen molar-refractivity contribution < 1.29 is 4.79 Å². The molecule has 1 heterocycles. The van der Waals surface area contributed by atoms with Crippen molar-refractivity contribution >= 4 is 11.7 Å². The Kier molecular flexibility index (Phi) is 1.79. The van der Waals surface area contributed by atoms with Gasteiger partial charge in [-0.15, -0.1) is 5.53 Å². The monoisotopic (exact) mass is 178 g/mol. The highest BCUT2D eigenvalue weighted by molar-refractivity contribution is 5.78.